The van der Waals surface area contributed by atoms with Crippen molar-refractivity contribution in [2.75, 3.05) is 19.6 Å². The van der Waals surface area contributed by atoms with Gasteiger partial charge in [0.25, 0.3) is 0 Å². The van der Waals surface area contributed by atoms with Gasteiger partial charge in [0.1, 0.15) is 5.82 Å². The summed E-state index contributed by atoms with van der Waals surface area (Å²) in [5.41, 5.74) is 1.97. The van der Waals surface area contributed by atoms with Crippen molar-refractivity contribution >= 4 is 41.0 Å². The smallest absolute Gasteiger partial charge is 0.357 e. The predicted molar refractivity (Wildman–Crippen MR) is 105 cm³/mol. The number of alkyl halides is 3. The van der Waals surface area contributed by atoms with Crippen LogP contribution in [-0.2, 0) is 6.54 Å². The van der Waals surface area contributed by atoms with Gasteiger partial charge in [-0.15, -0.1) is 24.0 Å². The van der Waals surface area contributed by atoms with Crippen LogP contribution in [0.4, 0.5) is 13.2 Å². The number of aryl methyl sites for hydroxylation is 1. The monoisotopic (exact) mass is 469 g/mol. The summed E-state index contributed by atoms with van der Waals surface area (Å²) in [5, 5.41) is 6.01. The van der Waals surface area contributed by atoms with Crippen LogP contribution < -0.4 is 10.6 Å². The third-order valence-corrected chi connectivity index (χ3v) is 3.48. The first-order valence-corrected chi connectivity index (χ1v) is 7.91. The highest BCUT2D eigenvalue weighted by molar-refractivity contribution is 14.0. The Kier molecular flexibility index (Phi) is 8.46. The van der Waals surface area contributed by atoms with Crippen LogP contribution in [0, 0.1) is 6.92 Å². The number of nitrogens with one attached hydrogen (secondary N) is 2. The lowest BCUT2D eigenvalue weighted by molar-refractivity contribution is -0.132. The maximum atomic E-state index is 12.2. The minimum Gasteiger partial charge on any atom is -0.357 e. The topological polar surface area (TPSA) is 54.2 Å². The average molecular weight is 469 g/mol. The van der Waals surface area contributed by atoms with Crippen LogP contribution in [0.3, 0.4) is 0 Å². The van der Waals surface area contributed by atoms with Crippen LogP contribution in [0.15, 0.2) is 29.3 Å². The lowest BCUT2D eigenvalue weighted by Gasteiger charge is -2.13. The van der Waals surface area contributed by atoms with Crippen LogP contribution >= 0.6 is 24.0 Å². The van der Waals surface area contributed by atoms with Crippen LogP contribution in [0.2, 0.25) is 0 Å². The molecule has 0 aliphatic carbocycles. The Hall–Kier alpha value is -1.52. The molecule has 0 saturated carbocycles. The molecule has 0 saturated heterocycles. The third-order valence-electron chi connectivity index (χ3n) is 3.48. The lowest BCUT2D eigenvalue weighted by atomic mass is 10.3. The zero-order valence-corrected chi connectivity index (χ0v) is 16.6. The van der Waals surface area contributed by atoms with Gasteiger partial charge in [-0.1, -0.05) is 12.1 Å². The van der Waals surface area contributed by atoms with Crippen molar-refractivity contribution in [3.8, 4) is 0 Å². The number of hydrogen-bond acceptors (Lipinski definition) is 2. The summed E-state index contributed by atoms with van der Waals surface area (Å²) in [6.07, 6.45) is -5.11. The number of rotatable bonds is 6. The van der Waals surface area contributed by atoms with Crippen LogP contribution in [0.1, 0.15) is 19.2 Å². The Labute approximate surface area is 162 Å². The first-order valence-electron chi connectivity index (χ1n) is 7.91. The summed E-state index contributed by atoms with van der Waals surface area (Å²) >= 11 is 0. The van der Waals surface area contributed by atoms with Gasteiger partial charge in [-0.05, 0) is 26.0 Å². The second-order valence-electron chi connectivity index (χ2n) is 5.35. The highest BCUT2D eigenvalue weighted by atomic mass is 127. The van der Waals surface area contributed by atoms with Gasteiger partial charge in [-0.3, -0.25) is 4.99 Å². The summed E-state index contributed by atoms with van der Waals surface area (Å²) in [5.74, 6) is 1.29. The summed E-state index contributed by atoms with van der Waals surface area (Å²) in [6, 6.07) is 7.84. The molecule has 0 fully saturated rings. The zero-order chi connectivity index (χ0) is 17.6. The van der Waals surface area contributed by atoms with Gasteiger partial charge in [0.15, 0.2) is 5.96 Å². The maximum absolute atomic E-state index is 12.2. The summed E-state index contributed by atoms with van der Waals surface area (Å²) in [7, 11) is 0. The van der Waals surface area contributed by atoms with Crippen molar-refractivity contribution in [2.45, 2.75) is 33.0 Å². The zero-order valence-electron chi connectivity index (χ0n) is 14.2. The van der Waals surface area contributed by atoms with Gasteiger partial charge in [0.05, 0.1) is 24.0 Å². The van der Waals surface area contributed by atoms with Gasteiger partial charge in [-0.25, -0.2) is 4.98 Å². The second-order valence-corrected chi connectivity index (χ2v) is 5.35. The molecule has 0 aliphatic rings. The van der Waals surface area contributed by atoms with Crippen molar-refractivity contribution < 1.29 is 13.2 Å². The molecular formula is C16H23F3IN5. The molecule has 140 valence electrons. The van der Waals surface area contributed by atoms with Gasteiger partial charge in [0.2, 0.25) is 0 Å². The van der Waals surface area contributed by atoms with E-state index >= 15 is 0 Å². The molecule has 2 rings (SSSR count). The van der Waals surface area contributed by atoms with Crippen molar-refractivity contribution in [2.24, 2.45) is 4.99 Å². The number of halogens is 4. The number of aliphatic imine (C=N–C) groups is 1. The van der Waals surface area contributed by atoms with Crippen LogP contribution in [0.5, 0.6) is 0 Å². The predicted octanol–water partition coefficient (Wildman–Crippen LogP) is 3.47. The number of guanidine groups is 1. The van der Waals surface area contributed by atoms with Gasteiger partial charge in [-0.2, -0.15) is 13.2 Å². The van der Waals surface area contributed by atoms with E-state index in [1.54, 1.807) is 0 Å². The number of hydrogen-bond donors (Lipinski definition) is 2. The molecule has 9 heteroatoms. The maximum Gasteiger partial charge on any atom is 0.390 e. The highest BCUT2D eigenvalue weighted by Crippen LogP contribution is 2.19. The van der Waals surface area contributed by atoms with Crippen LogP contribution in [-0.4, -0.2) is 41.3 Å². The number of imidazole rings is 1. The van der Waals surface area contributed by atoms with Gasteiger partial charge < -0.3 is 15.2 Å². The van der Waals surface area contributed by atoms with E-state index in [0.29, 0.717) is 25.6 Å². The molecule has 0 unspecified atom stereocenters. The Morgan fingerprint density at radius 2 is 1.96 bits per heavy atom. The molecule has 2 aromatic rings. The van der Waals surface area contributed by atoms with E-state index in [4.69, 9.17) is 0 Å². The van der Waals surface area contributed by atoms with Crippen LogP contribution in [0.25, 0.3) is 11.0 Å². The molecule has 5 nitrogen and oxygen atoms in total. The number of para-hydroxylation sites is 2. The fourth-order valence-corrected chi connectivity index (χ4v) is 2.40. The van der Waals surface area contributed by atoms with Crippen molar-refractivity contribution in [3.05, 3.63) is 30.1 Å². The summed E-state index contributed by atoms with van der Waals surface area (Å²) in [6.45, 7) is 5.29. The van der Waals surface area contributed by atoms with E-state index in [0.717, 1.165) is 16.9 Å². The van der Waals surface area contributed by atoms with Crippen molar-refractivity contribution in [3.63, 3.8) is 0 Å². The molecule has 0 aliphatic heterocycles. The minimum atomic E-state index is -4.19. The van der Waals surface area contributed by atoms with E-state index in [9.17, 15) is 13.2 Å². The molecule has 1 aromatic carbocycles. The molecule has 0 radical (unpaired) electrons. The molecule has 2 N–H and O–H groups in total. The molecule has 1 heterocycles. The molecule has 0 amide bonds. The number of fused-ring (bicyclic) bond motifs is 1. The molecular weight excluding hydrogens is 446 g/mol. The average Bonchev–Trinajstić information content (AvgIpc) is 2.82. The van der Waals surface area contributed by atoms with Crippen molar-refractivity contribution in [1.29, 1.82) is 0 Å². The minimum absolute atomic E-state index is 0. The number of benzene rings is 1. The van der Waals surface area contributed by atoms with E-state index < -0.39 is 12.6 Å². The fourth-order valence-electron chi connectivity index (χ4n) is 2.40. The largest absolute Gasteiger partial charge is 0.390 e. The van der Waals surface area contributed by atoms with Gasteiger partial charge in [0, 0.05) is 19.6 Å². The molecule has 25 heavy (non-hydrogen) atoms. The first kappa shape index (κ1) is 21.5. The van der Waals surface area contributed by atoms with E-state index in [-0.39, 0.29) is 30.5 Å². The van der Waals surface area contributed by atoms with E-state index in [1.165, 1.54) is 0 Å². The quantitative estimate of drug-likeness (QED) is 0.387. The standard InChI is InChI=1S/C16H22F3N5.HI/c1-3-20-15(21-9-8-16(17,18)19)22-10-11-24-12(2)23-13-6-4-5-7-14(13)24;/h4-7H,3,8-11H2,1-2H3,(H2,20,21,22);1H. The SMILES string of the molecule is CCNC(=NCCC(F)(F)F)NCCn1c(C)nc2ccccc21.I. The molecule has 1 aromatic heterocycles. The Morgan fingerprint density at radius 1 is 1.24 bits per heavy atom. The molecule has 0 bridgehead atoms. The summed E-state index contributed by atoms with van der Waals surface area (Å²) < 4.78 is 38.7. The normalized spacial score (nSPS) is 12.1. The van der Waals surface area contributed by atoms with Crippen molar-refractivity contribution in [1.82, 2.24) is 20.2 Å². The van der Waals surface area contributed by atoms with Gasteiger partial charge >= 0.3 is 6.18 Å². The Balaban J connectivity index is 0.00000312. The lowest BCUT2D eigenvalue weighted by Crippen LogP contribution is -2.39. The first-order chi connectivity index (χ1) is 11.4. The Bertz CT molecular complexity index is 697. The molecule has 0 atom stereocenters. The fraction of sp³-hybridized carbons (Fsp3) is 0.500. The van der Waals surface area contributed by atoms with E-state index in [2.05, 4.69) is 25.2 Å². The second kappa shape index (κ2) is 9.83. The number of nitrogens with zero attached hydrogens (tertiary/aromatic N) is 3. The van der Waals surface area contributed by atoms with E-state index in [1.807, 2.05) is 38.1 Å². The highest BCUT2D eigenvalue weighted by Gasteiger charge is 2.26. The third kappa shape index (κ3) is 6.71. The molecule has 0 spiro atoms. The summed E-state index contributed by atoms with van der Waals surface area (Å²) in [4.78, 5) is 8.44. The number of aromatic nitrogens is 2. The Morgan fingerprint density at radius 3 is 2.64 bits per heavy atom.